The fourth-order valence-electron chi connectivity index (χ4n) is 4.65. The van der Waals surface area contributed by atoms with Crippen LogP contribution in [0.2, 0.25) is 5.02 Å². The fraction of sp³-hybridized carbons (Fsp3) is 0.455. The van der Waals surface area contributed by atoms with Gasteiger partial charge < -0.3 is 39.4 Å². The molecular formula is C22H23ClN4O6. The third-order valence-electron chi connectivity index (χ3n) is 6.41. The predicted molar refractivity (Wildman–Crippen MR) is 118 cm³/mol. The second-order valence-corrected chi connectivity index (χ2v) is 9.05. The first-order valence-electron chi connectivity index (χ1n) is 10.8. The van der Waals surface area contributed by atoms with Crippen LogP contribution < -0.4 is 9.64 Å². The standard InChI is InChI=1S/C22H23ClN4O6/c23-12-5-13-21(26-22(24-13)33-17-9-32-19-16(30)8-31-20(17)19)25-18(12)10-1-3-11(4-2-10)27-6-14(28)15(29)7-27/h1-5,14-17,19-20,28-30H,6-9H2,(H,24,25,26)/t14-,15+,16-,17-,19?,20-/m1/s1. The maximum Gasteiger partial charge on any atom is 0.296 e. The Morgan fingerprint density at radius 2 is 1.70 bits per heavy atom. The number of ether oxygens (including phenoxy) is 3. The number of β-amino-alcohol motifs (C(OH)–C–C–N with tert-alkyl or cyclic N) is 2. The Kier molecular flexibility index (Phi) is 5.17. The second-order valence-electron chi connectivity index (χ2n) is 8.64. The topological polar surface area (TPSA) is 133 Å². The van der Waals surface area contributed by atoms with Crippen LogP contribution in [0.1, 0.15) is 0 Å². The number of aromatic nitrogens is 3. The predicted octanol–water partition coefficient (Wildman–Crippen LogP) is 0.726. The minimum Gasteiger partial charge on any atom is -0.456 e. The summed E-state index contributed by atoms with van der Waals surface area (Å²) in [5, 5.41) is 29.9. The zero-order valence-electron chi connectivity index (χ0n) is 17.5. The summed E-state index contributed by atoms with van der Waals surface area (Å²) < 4.78 is 17.1. The van der Waals surface area contributed by atoms with Crippen molar-refractivity contribution in [1.82, 2.24) is 15.0 Å². The molecule has 6 rings (SSSR count). The lowest BCUT2D eigenvalue weighted by molar-refractivity contribution is 0.00706. The van der Waals surface area contributed by atoms with Crippen molar-refractivity contribution in [3.05, 3.63) is 35.4 Å². The molecule has 0 spiro atoms. The summed E-state index contributed by atoms with van der Waals surface area (Å²) in [6, 6.07) is 9.66. The highest BCUT2D eigenvalue weighted by atomic mass is 35.5. The summed E-state index contributed by atoms with van der Waals surface area (Å²) in [6.45, 7) is 1.31. The summed E-state index contributed by atoms with van der Waals surface area (Å²) >= 11 is 6.52. The van der Waals surface area contributed by atoms with Crippen molar-refractivity contribution in [2.75, 3.05) is 31.2 Å². The first kappa shape index (κ1) is 21.1. The number of hydrogen-bond donors (Lipinski definition) is 4. The first-order chi connectivity index (χ1) is 16.0. The van der Waals surface area contributed by atoms with Crippen LogP contribution in [0, 0.1) is 0 Å². The van der Waals surface area contributed by atoms with E-state index in [1.807, 2.05) is 29.2 Å². The van der Waals surface area contributed by atoms with E-state index in [1.165, 1.54) is 0 Å². The number of anilines is 1. The SMILES string of the molecule is O[C@@H]1CO[C@H]2C1OC[C@H]2Oc1nc2nc(-c3ccc(N4C[C@@H](O)[C@@H](O)C4)cc3)c(Cl)cc2[nH]1. The zero-order valence-corrected chi connectivity index (χ0v) is 18.2. The van der Waals surface area contributed by atoms with E-state index < -0.39 is 18.3 Å². The molecule has 5 heterocycles. The Balaban J connectivity index is 1.22. The van der Waals surface area contributed by atoms with Gasteiger partial charge in [0, 0.05) is 24.3 Å². The second kappa shape index (κ2) is 8.08. The van der Waals surface area contributed by atoms with Crippen molar-refractivity contribution >= 4 is 28.5 Å². The largest absolute Gasteiger partial charge is 0.456 e. The van der Waals surface area contributed by atoms with Crippen LogP contribution in [0.25, 0.3) is 22.4 Å². The molecule has 6 atom stereocenters. The van der Waals surface area contributed by atoms with E-state index in [2.05, 4.69) is 15.0 Å². The molecule has 0 saturated carbocycles. The molecule has 33 heavy (non-hydrogen) atoms. The Labute approximate surface area is 193 Å². The van der Waals surface area contributed by atoms with Gasteiger partial charge in [0.1, 0.15) is 18.3 Å². The van der Waals surface area contributed by atoms with E-state index in [-0.39, 0.29) is 30.9 Å². The number of nitrogens with zero attached hydrogens (tertiary/aromatic N) is 3. The van der Waals surface area contributed by atoms with Crippen LogP contribution in [-0.2, 0) is 9.47 Å². The third kappa shape index (κ3) is 3.72. The van der Waals surface area contributed by atoms with E-state index >= 15 is 0 Å². The highest BCUT2D eigenvalue weighted by molar-refractivity contribution is 6.33. The van der Waals surface area contributed by atoms with Crippen LogP contribution in [0.15, 0.2) is 30.3 Å². The van der Waals surface area contributed by atoms with Crippen molar-refractivity contribution in [2.45, 2.75) is 36.6 Å². The van der Waals surface area contributed by atoms with Crippen LogP contribution in [0.4, 0.5) is 5.69 Å². The number of H-pyrrole nitrogens is 1. The number of aliphatic hydroxyl groups is 3. The van der Waals surface area contributed by atoms with E-state index in [1.54, 1.807) is 6.07 Å². The van der Waals surface area contributed by atoms with Gasteiger partial charge in [-0.3, -0.25) is 0 Å². The molecule has 3 saturated heterocycles. The number of rotatable bonds is 4. The van der Waals surface area contributed by atoms with Gasteiger partial charge in [-0.1, -0.05) is 23.7 Å². The van der Waals surface area contributed by atoms with E-state index in [0.29, 0.717) is 41.6 Å². The minimum atomic E-state index is -0.744. The number of imidazole rings is 1. The van der Waals surface area contributed by atoms with Crippen LogP contribution >= 0.6 is 11.6 Å². The lowest BCUT2D eigenvalue weighted by atomic mass is 10.1. The van der Waals surface area contributed by atoms with Gasteiger partial charge in [0.05, 0.1) is 41.7 Å². The van der Waals surface area contributed by atoms with Gasteiger partial charge >= 0.3 is 0 Å². The Morgan fingerprint density at radius 1 is 0.970 bits per heavy atom. The third-order valence-corrected chi connectivity index (χ3v) is 6.70. The maximum atomic E-state index is 9.89. The Morgan fingerprint density at radius 3 is 2.45 bits per heavy atom. The van der Waals surface area contributed by atoms with Crippen molar-refractivity contribution in [3.63, 3.8) is 0 Å². The van der Waals surface area contributed by atoms with Crippen molar-refractivity contribution in [3.8, 4) is 17.3 Å². The van der Waals surface area contributed by atoms with E-state index in [4.69, 9.17) is 25.8 Å². The normalized spacial score (nSPS) is 31.5. The number of aliphatic hydroxyl groups excluding tert-OH is 3. The molecule has 2 aromatic heterocycles. The van der Waals surface area contributed by atoms with Gasteiger partial charge in [-0.05, 0) is 18.2 Å². The highest BCUT2D eigenvalue weighted by Gasteiger charge is 2.48. The molecule has 0 amide bonds. The number of nitrogens with one attached hydrogen (secondary N) is 1. The van der Waals surface area contributed by atoms with Gasteiger partial charge in [0.15, 0.2) is 11.8 Å². The number of fused-ring (bicyclic) bond motifs is 2. The molecule has 3 aromatic rings. The molecule has 1 aromatic carbocycles. The average Bonchev–Trinajstić information content (AvgIpc) is 3.55. The Hall–Kier alpha value is -2.47. The lowest BCUT2D eigenvalue weighted by Crippen LogP contribution is -2.34. The Bertz CT molecular complexity index is 1160. The number of pyridine rings is 1. The zero-order chi connectivity index (χ0) is 22.7. The van der Waals surface area contributed by atoms with Gasteiger partial charge in [0.25, 0.3) is 6.01 Å². The lowest BCUT2D eigenvalue weighted by Gasteiger charge is -2.18. The molecular weight excluding hydrogens is 452 g/mol. The quantitative estimate of drug-likeness (QED) is 0.431. The molecule has 0 radical (unpaired) electrons. The summed E-state index contributed by atoms with van der Waals surface area (Å²) in [5.41, 5.74) is 3.40. The summed E-state index contributed by atoms with van der Waals surface area (Å²) in [6.07, 6.45) is -3.23. The van der Waals surface area contributed by atoms with Crippen molar-refractivity contribution in [1.29, 1.82) is 0 Å². The molecule has 0 aliphatic carbocycles. The van der Waals surface area contributed by atoms with Gasteiger partial charge in [-0.15, -0.1) is 0 Å². The van der Waals surface area contributed by atoms with E-state index in [0.717, 1.165) is 11.3 Å². The summed E-state index contributed by atoms with van der Waals surface area (Å²) in [7, 11) is 0. The van der Waals surface area contributed by atoms with Crippen LogP contribution in [0.5, 0.6) is 6.01 Å². The molecule has 10 nitrogen and oxygen atoms in total. The first-order valence-corrected chi connectivity index (χ1v) is 11.2. The average molecular weight is 475 g/mol. The molecule has 4 N–H and O–H groups in total. The number of aromatic amines is 1. The smallest absolute Gasteiger partial charge is 0.296 e. The molecule has 0 bridgehead atoms. The van der Waals surface area contributed by atoms with Crippen LogP contribution in [0.3, 0.4) is 0 Å². The van der Waals surface area contributed by atoms with Crippen molar-refractivity contribution in [2.24, 2.45) is 0 Å². The molecule has 3 aliphatic heterocycles. The number of benzene rings is 1. The summed E-state index contributed by atoms with van der Waals surface area (Å²) in [5.74, 6) is 0. The molecule has 3 fully saturated rings. The monoisotopic (exact) mass is 474 g/mol. The van der Waals surface area contributed by atoms with Crippen molar-refractivity contribution < 1.29 is 29.5 Å². The fourth-order valence-corrected chi connectivity index (χ4v) is 4.91. The maximum absolute atomic E-state index is 9.89. The molecule has 3 aliphatic rings. The van der Waals surface area contributed by atoms with Gasteiger partial charge in [-0.25, -0.2) is 4.98 Å². The summed E-state index contributed by atoms with van der Waals surface area (Å²) in [4.78, 5) is 14.1. The highest BCUT2D eigenvalue weighted by Crippen LogP contribution is 2.33. The van der Waals surface area contributed by atoms with E-state index in [9.17, 15) is 15.3 Å². The van der Waals surface area contributed by atoms with Crippen LogP contribution in [-0.4, -0.2) is 93.2 Å². The molecule has 174 valence electrons. The van der Waals surface area contributed by atoms with Gasteiger partial charge in [0.2, 0.25) is 0 Å². The number of hydrogen-bond acceptors (Lipinski definition) is 9. The number of halogens is 1. The molecule has 1 unspecified atom stereocenters. The molecule has 11 heteroatoms. The minimum absolute atomic E-state index is 0.230. The van der Waals surface area contributed by atoms with Gasteiger partial charge in [-0.2, -0.15) is 4.98 Å².